The van der Waals surface area contributed by atoms with Crippen molar-refractivity contribution in [3.63, 3.8) is 0 Å². The maximum Gasteiger partial charge on any atom is 0.257 e. The average molecular weight is 458 g/mol. The minimum atomic E-state index is 0.0796. The second-order valence-corrected chi connectivity index (χ2v) is 9.40. The summed E-state index contributed by atoms with van der Waals surface area (Å²) in [7, 11) is 0. The first-order valence-corrected chi connectivity index (χ1v) is 12.7. The van der Waals surface area contributed by atoms with Crippen LogP contribution in [-0.4, -0.2) is 82.7 Å². The number of piperazine rings is 1. The normalized spacial score (nSPS) is 17.4. The minimum absolute atomic E-state index is 0.0796. The Bertz CT molecular complexity index is 1080. The number of para-hydroxylation sites is 1. The van der Waals surface area contributed by atoms with E-state index in [0.29, 0.717) is 5.56 Å². The summed E-state index contributed by atoms with van der Waals surface area (Å²) < 4.78 is 1.84. The molecule has 0 radical (unpaired) electrons. The summed E-state index contributed by atoms with van der Waals surface area (Å²) in [4.78, 5) is 20.7. The Morgan fingerprint density at radius 2 is 1.47 bits per heavy atom. The molecule has 178 valence electrons. The van der Waals surface area contributed by atoms with Crippen LogP contribution in [0.1, 0.15) is 35.7 Å². The number of carbonyl (C=O) groups is 1. The Labute approximate surface area is 202 Å². The topological polar surface area (TPSA) is 44.6 Å². The van der Waals surface area contributed by atoms with Crippen LogP contribution in [0.3, 0.4) is 0 Å². The summed E-state index contributed by atoms with van der Waals surface area (Å²) >= 11 is 0. The van der Waals surface area contributed by atoms with Crippen LogP contribution < -0.4 is 0 Å². The molecule has 1 aromatic heterocycles. The molecule has 0 atom stereocenters. The highest BCUT2D eigenvalue weighted by molar-refractivity contribution is 6.00. The number of hydrogen-bond acceptors (Lipinski definition) is 4. The number of amides is 1. The fourth-order valence-electron chi connectivity index (χ4n) is 4.99. The summed E-state index contributed by atoms with van der Waals surface area (Å²) in [6.07, 6.45) is 5.57. The number of benzene rings is 2. The smallest absolute Gasteiger partial charge is 0.257 e. The van der Waals surface area contributed by atoms with Crippen molar-refractivity contribution in [3.8, 4) is 16.9 Å². The van der Waals surface area contributed by atoms with Gasteiger partial charge in [-0.15, -0.1) is 0 Å². The van der Waals surface area contributed by atoms with Crippen LogP contribution in [0, 0.1) is 0 Å². The predicted octanol–water partition coefficient (Wildman–Crippen LogP) is 3.96. The van der Waals surface area contributed by atoms with Gasteiger partial charge in [-0.3, -0.25) is 9.69 Å². The predicted molar refractivity (Wildman–Crippen MR) is 136 cm³/mol. The molecule has 0 bridgehead atoms. The first-order chi connectivity index (χ1) is 16.7. The summed E-state index contributed by atoms with van der Waals surface area (Å²) in [5, 5.41) is 4.86. The lowest BCUT2D eigenvalue weighted by Crippen LogP contribution is -2.50. The summed E-state index contributed by atoms with van der Waals surface area (Å²) in [5.74, 6) is 0.0796. The van der Waals surface area contributed by atoms with Crippen molar-refractivity contribution < 1.29 is 4.79 Å². The highest BCUT2D eigenvalue weighted by atomic mass is 16.2. The lowest BCUT2D eigenvalue weighted by atomic mass is 10.0. The summed E-state index contributed by atoms with van der Waals surface area (Å²) in [5.41, 5.74) is 4.66. The molecule has 0 N–H and O–H groups in total. The number of nitrogens with zero attached hydrogens (tertiary/aromatic N) is 5. The molecule has 2 aliphatic heterocycles. The number of carbonyl (C=O) groups excluding carboxylic acids is 1. The van der Waals surface area contributed by atoms with E-state index in [4.69, 9.17) is 5.10 Å². The van der Waals surface area contributed by atoms with Crippen LogP contribution in [0.5, 0.6) is 0 Å². The lowest BCUT2D eigenvalue weighted by Gasteiger charge is -2.35. The molecule has 1 amide bonds. The molecule has 5 rings (SSSR count). The van der Waals surface area contributed by atoms with E-state index >= 15 is 0 Å². The quantitative estimate of drug-likeness (QED) is 0.539. The monoisotopic (exact) mass is 457 g/mol. The van der Waals surface area contributed by atoms with Crippen molar-refractivity contribution in [1.29, 1.82) is 0 Å². The molecular formula is C28H35N5O. The molecule has 2 aliphatic rings. The average Bonchev–Trinajstić information content (AvgIpc) is 3.58. The minimum Gasteiger partial charge on any atom is -0.336 e. The zero-order valence-corrected chi connectivity index (χ0v) is 20.2. The van der Waals surface area contributed by atoms with Gasteiger partial charge in [0.1, 0.15) is 5.69 Å². The Morgan fingerprint density at radius 3 is 2.12 bits per heavy atom. The second-order valence-electron chi connectivity index (χ2n) is 9.40. The molecule has 6 heteroatoms. The van der Waals surface area contributed by atoms with Crippen LogP contribution in [0.4, 0.5) is 0 Å². The van der Waals surface area contributed by atoms with Crippen LogP contribution in [0.2, 0.25) is 0 Å². The molecule has 3 heterocycles. The molecule has 2 saturated heterocycles. The van der Waals surface area contributed by atoms with Gasteiger partial charge >= 0.3 is 0 Å². The largest absolute Gasteiger partial charge is 0.336 e. The van der Waals surface area contributed by atoms with Crippen molar-refractivity contribution in [3.05, 3.63) is 71.9 Å². The maximum absolute atomic E-state index is 13.7. The maximum atomic E-state index is 13.7. The van der Waals surface area contributed by atoms with Gasteiger partial charge in [0.05, 0.1) is 11.3 Å². The van der Waals surface area contributed by atoms with E-state index in [1.165, 1.54) is 31.5 Å². The molecule has 0 saturated carbocycles. The molecule has 2 fully saturated rings. The number of hydrogen-bond donors (Lipinski definition) is 0. The zero-order chi connectivity index (χ0) is 23.3. The molecule has 0 aliphatic carbocycles. The fraction of sp³-hybridized carbons (Fsp3) is 0.429. The van der Waals surface area contributed by atoms with E-state index in [1.807, 2.05) is 46.1 Å². The van der Waals surface area contributed by atoms with Gasteiger partial charge in [-0.1, -0.05) is 49.4 Å². The Hall–Kier alpha value is -2.96. The van der Waals surface area contributed by atoms with Crippen LogP contribution in [0.15, 0.2) is 60.8 Å². The van der Waals surface area contributed by atoms with Gasteiger partial charge in [-0.05, 0) is 50.0 Å². The van der Waals surface area contributed by atoms with Gasteiger partial charge in [0.2, 0.25) is 0 Å². The number of likely N-dealkylation sites (tertiary alicyclic amines) is 1. The Balaban J connectivity index is 1.33. The van der Waals surface area contributed by atoms with E-state index in [9.17, 15) is 4.79 Å². The number of aryl methyl sites for hydroxylation is 1. The van der Waals surface area contributed by atoms with Crippen LogP contribution in [0.25, 0.3) is 16.9 Å². The van der Waals surface area contributed by atoms with E-state index in [-0.39, 0.29) is 5.91 Å². The number of rotatable bonds is 7. The van der Waals surface area contributed by atoms with Crippen LogP contribution in [-0.2, 0) is 6.42 Å². The van der Waals surface area contributed by atoms with Crippen molar-refractivity contribution in [2.45, 2.75) is 26.2 Å². The highest BCUT2D eigenvalue weighted by Crippen LogP contribution is 2.26. The fourth-order valence-corrected chi connectivity index (χ4v) is 4.99. The van der Waals surface area contributed by atoms with E-state index < -0.39 is 0 Å². The molecule has 2 aromatic carbocycles. The summed E-state index contributed by atoms with van der Waals surface area (Å²) in [6.45, 7) is 10.3. The Kier molecular flexibility index (Phi) is 7.07. The van der Waals surface area contributed by atoms with Gasteiger partial charge < -0.3 is 9.80 Å². The van der Waals surface area contributed by atoms with Crippen molar-refractivity contribution in [2.24, 2.45) is 0 Å². The third-order valence-corrected chi connectivity index (χ3v) is 7.19. The third kappa shape index (κ3) is 5.08. The standard InChI is InChI=1S/C28H35N5O/c1-2-23-10-12-24(13-11-23)27-26(22-33(29-27)25-8-4-3-5-9-25)28(34)32-20-18-31(19-21-32)17-16-30-14-6-7-15-30/h3-5,8-13,22H,2,6-7,14-21H2,1H3. The first kappa shape index (κ1) is 22.8. The second kappa shape index (κ2) is 10.5. The van der Waals surface area contributed by atoms with Gasteiger partial charge in [-0.2, -0.15) is 5.10 Å². The highest BCUT2D eigenvalue weighted by Gasteiger charge is 2.27. The van der Waals surface area contributed by atoms with Gasteiger partial charge in [0, 0.05) is 51.0 Å². The van der Waals surface area contributed by atoms with Crippen molar-refractivity contribution in [2.75, 3.05) is 52.4 Å². The molecule has 3 aromatic rings. The van der Waals surface area contributed by atoms with Gasteiger partial charge in [0.25, 0.3) is 5.91 Å². The van der Waals surface area contributed by atoms with Crippen molar-refractivity contribution >= 4 is 5.91 Å². The van der Waals surface area contributed by atoms with E-state index in [0.717, 1.165) is 62.6 Å². The SMILES string of the molecule is CCc1ccc(-c2nn(-c3ccccc3)cc2C(=O)N2CCN(CCN3CCCC3)CC2)cc1. The molecule has 6 nitrogen and oxygen atoms in total. The lowest BCUT2D eigenvalue weighted by molar-refractivity contribution is 0.0627. The summed E-state index contributed by atoms with van der Waals surface area (Å²) in [6, 6.07) is 18.5. The molecule has 0 unspecified atom stereocenters. The zero-order valence-electron chi connectivity index (χ0n) is 20.2. The van der Waals surface area contributed by atoms with Crippen molar-refractivity contribution in [1.82, 2.24) is 24.5 Å². The molecular weight excluding hydrogens is 422 g/mol. The van der Waals surface area contributed by atoms with Gasteiger partial charge in [0.15, 0.2) is 0 Å². The van der Waals surface area contributed by atoms with Gasteiger partial charge in [-0.25, -0.2) is 4.68 Å². The van der Waals surface area contributed by atoms with E-state index in [1.54, 1.807) is 0 Å². The Morgan fingerprint density at radius 1 is 0.824 bits per heavy atom. The van der Waals surface area contributed by atoms with Crippen LogP contribution >= 0.6 is 0 Å². The number of aromatic nitrogens is 2. The first-order valence-electron chi connectivity index (χ1n) is 12.7. The molecule has 0 spiro atoms. The third-order valence-electron chi connectivity index (χ3n) is 7.19. The van der Waals surface area contributed by atoms with E-state index in [2.05, 4.69) is 41.0 Å². The molecule has 34 heavy (non-hydrogen) atoms.